The molecule has 0 saturated carbocycles. The van der Waals surface area contributed by atoms with E-state index < -0.39 is 0 Å². The minimum Gasteiger partial charge on any atom is -0.326 e. The molecule has 0 unspecified atom stereocenters. The van der Waals surface area contributed by atoms with Crippen LogP contribution in [0, 0.1) is 0 Å². The Bertz CT molecular complexity index is 951. The number of H-pyrrole nitrogens is 1. The van der Waals surface area contributed by atoms with Gasteiger partial charge in [0.2, 0.25) is 5.91 Å². The fourth-order valence-electron chi connectivity index (χ4n) is 4.02. The summed E-state index contributed by atoms with van der Waals surface area (Å²) >= 11 is 0. The van der Waals surface area contributed by atoms with Crippen molar-refractivity contribution >= 4 is 11.6 Å². The molecule has 1 amide bonds. The van der Waals surface area contributed by atoms with Gasteiger partial charge < -0.3 is 5.32 Å². The summed E-state index contributed by atoms with van der Waals surface area (Å²) in [6.07, 6.45) is 3.12. The van der Waals surface area contributed by atoms with Gasteiger partial charge in [0.05, 0.1) is 11.9 Å². The van der Waals surface area contributed by atoms with E-state index in [4.69, 9.17) is 0 Å². The highest BCUT2D eigenvalue weighted by molar-refractivity contribution is 5.88. The minimum absolute atomic E-state index is 0.0385. The van der Waals surface area contributed by atoms with Crippen molar-refractivity contribution in [1.29, 1.82) is 0 Å². The average molecular weight is 404 g/mol. The highest BCUT2D eigenvalue weighted by atomic mass is 16.1. The number of anilines is 1. The lowest BCUT2D eigenvalue weighted by Gasteiger charge is -2.22. The molecule has 0 bridgehead atoms. The molecule has 1 saturated heterocycles. The van der Waals surface area contributed by atoms with Crippen LogP contribution in [0.1, 0.15) is 24.5 Å². The number of aromatic nitrogens is 2. The number of nitrogens with zero attached hydrogens (tertiary/aromatic N) is 3. The Morgan fingerprint density at radius 1 is 0.967 bits per heavy atom. The number of nitrogens with one attached hydrogen (secondary N) is 2. The highest BCUT2D eigenvalue weighted by Crippen LogP contribution is 2.22. The molecule has 0 spiro atoms. The Balaban J connectivity index is 1.33. The molecule has 2 heterocycles. The molecule has 2 N–H and O–H groups in total. The van der Waals surface area contributed by atoms with Crippen LogP contribution in [0.5, 0.6) is 0 Å². The SMILES string of the molecule is CC(=O)Nc1ccc(CN2CCCN(Cc3cn[nH]c3-c3ccccc3)CC2)cc1. The van der Waals surface area contributed by atoms with Gasteiger partial charge in [-0.1, -0.05) is 42.5 Å². The Morgan fingerprint density at radius 3 is 2.37 bits per heavy atom. The zero-order chi connectivity index (χ0) is 20.8. The third-order valence-corrected chi connectivity index (χ3v) is 5.54. The number of rotatable bonds is 6. The number of benzene rings is 2. The van der Waals surface area contributed by atoms with Crippen LogP contribution in [-0.2, 0) is 17.9 Å². The van der Waals surface area contributed by atoms with Crippen molar-refractivity contribution in [2.24, 2.45) is 0 Å². The van der Waals surface area contributed by atoms with Crippen molar-refractivity contribution in [2.75, 3.05) is 31.5 Å². The van der Waals surface area contributed by atoms with Crippen molar-refractivity contribution in [3.8, 4) is 11.3 Å². The fourth-order valence-corrected chi connectivity index (χ4v) is 4.02. The maximum absolute atomic E-state index is 11.2. The molecule has 156 valence electrons. The molecule has 0 aliphatic carbocycles. The van der Waals surface area contributed by atoms with Gasteiger partial charge in [-0.15, -0.1) is 0 Å². The largest absolute Gasteiger partial charge is 0.326 e. The second-order valence-electron chi connectivity index (χ2n) is 7.92. The van der Waals surface area contributed by atoms with Crippen LogP contribution in [0.25, 0.3) is 11.3 Å². The van der Waals surface area contributed by atoms with Gasteiger partial charge in [-0.2, -0.15) is 5.10 Å². The number of hydrogen-bond acceptors (Lipinski definition) is 4. The van der Waals surface area contributed by atoms with Crippen LogP contribution in [0.4, 0.5) is 5.69 Å². The predicted octanol–water partition coefficient (Wildman–Crippen LogP) is 3.74. The molecule has 3 aromatic rings. The van der Waals surface area contributed by atoms with Gasteiger partial charge in [0.25, 0.3) is 0 Å². The summed E-state index contributed by atoms with van der Waals surface area (Å²) in [6, 6.07) is 18.6. The number of hydrogen-bond donors (Lipinski definition) is 2. The van der Waals surface area contributed by atoms with Crippen molar-refractivity contribution in [3.05, 3.63) is 71.9 Å². The van der Waals surface area contributed by atoms with Gasteiger partial charge in [0.15, 0.2) is 0 Å². The second kappa shape index (κ2) is 9.69. The molecule has 30 heavy (non-hydrogen) atoms. The first-order valence-corrected chi connectivity index (χ1v) is 10.6. The summed E-state index contributed by atoms with van der Waals surface area (Å²) < 4.78 is 0. The molecule has 6 nitrogen and oxygen atoms in total. The van der Waals surface area contributed by atoms with Crippen molar-refractivity contribution in [2.45, 2.75) is 26.4 Å². The van der Waals surface area contributed by atoms with Gasteiger partial charge in [-0.3, -0.25) is 19.7 Å². The van der Waals surface area contributed by atoms with Crippen LogP contribution in [-0.4, -0.2) is 52.1 Å². The van der Waals surface area contributed by atoms with Crippen molar-refractivity contribution < 1.29 is 4.79 Å². The zero-order valence-corrected chi connectivity index (χ0v) is 17.5. The van der Waals surface area contributed by atoms with Crippen molar-refractivity contribution in [1.82, 2.24) is 20.0 Å². The van der Waals surface area contributed by atoms with Crippen LogP contribution < -0.4 is 5.32 Å². The van der Waals surface area contributed by atoms with E-state index in [-0.39, 0.29) is 5.91 Å². The maximum atomic E-state index is 11.2. The Hall–Kier alpha value is -2.96. The Labute approximate surface area is 177 Å². The van der Waals surface area contributed by atoms with Gasteiger partial charge in [-0.25, -0.2) is 0 Å². The predicted molar refractivity (Wildman–Crippen MR) is 120 cm³/mol. The second-order valence-corrected chi connectivity index (χ2v) is 7.92. The molecule has 6 heteroatoms. The molecule has 0 atom stereocenters. The molecular weight excluding hydrogens is 374 g/mol. The number of carbonyl (C=O) groups is 1. The van der Waals surface area contributed by atoms with Gasteiger partial charge in [-0.05, 0) is 42.8 Å². The Morgan fingerprint density at radius 2 is 1.67 bits per heavy atom. The van der Waals surface area contributed by atoms with E-state index in [2.05, 4.69) is 61.7 Å². The summed E-state index contributed by atoms with van der Waals surface area (Å²) in [7, 11) is 0. The Kier molecular flexibility index (Phi) is 6.57. The summed E-state index contributed by atoms with van der Waals surface area (Å²) in [6.45, 7) is 7.67. The first kappa shape index (κ1) is 20.3. The van der Waals surface area contributed by atoms with Crippen LogP contribution in [0.2, 0.25) is 0 Å². The maximum Gasteiger partial charge on any atom is 0.221 e. The normalized spacial score (nSPS) is 15.6. The first-order chi connectivity index (χ1) is 14.7. The minimum atomic E-state index is -0.0385. The lowest BCUT2D eigenvalue weighted by atomic mass is 10.1. The number of carbonyl (C=O) groups excluding carboxylic acids is 1. The molecule has 2 aromatic carbocycles. The smallest absolute Gasteiger partial charge is 0.221 e. The van der Waals surface area contributed by atoms with E-state index in [9.17, 15) is 4.79 Å². The zero-order valence-electron chi connectivity index (χ0n) is 17.5. The molecule has 0 radical (unpaired) electrons. The summed E-state index contributed by atoms with van der Waals surface area (Å²) in [4.78, 5) is 16.2. The molecule has 1 fully saturated rings. The van der Waals surface area contributed by atoms with Crippen LogP contribution in [0.3, 0.4) is 0 Å². The summed E-state index contributed by atoms with van der Waals surface area (Å²) in [5.41, 5.74) is 5.68. The van der Waals surface area contributed by atoms with Gasteiger partial charge in [0.1, 0.15) is 0 Å². The molecule has 1 aliphatic rings. The van der Waals surface area contributed by atoms with E-state index in [1.54, 1.807) is 0 Å². The lowest BCUT2D eigenvalue weighted by molar-refractivity contribution is -0.114. The summed E-state index contributed by atoms with van der Waals surface area (Å²) in [5.74, 6) is -0.0385. The first-order valence-electron chi connectivity index (χ1n) is 10.6. The van der Waals surface area contributed by atoms with Crippen molar-refractivity contribution in [3.63, 3.8) is 0 Å². The van der Waals surface area contributed by atoms with E-state index >= 15 is 0 Å². The van der Waals surface area contributed by atoms with Gasteiger partial charge >= 0.3 is 0 Å². The summed E-state index contributed by atoms with van der Waals surface area (Å²) in [5, 5.41) is 10.3. The number of aromatic amines is 1. The van der Waals surface area contributed by atoms with E-state index in [0.29, 0.717) is 0 Å². The molecular formula is C24H29N5O. The number of amides is 1. The van der Waals surface area contributed by atoms with E-state index in [0.717, 1.165) is 57.1 Å². The third-order valence-electron chi connectivity index (χ3n) is 5.54. The van der Waals surface area contributed by atoms with E-state index in [1.165, 1.54) is 23.6 Å². The standard InChI is InChI=1S/C24H29N5O/c1-19(30)26-23-10-8-20(9-11-23)17-28-12-5-13-29(15-14-28)18-22-16-25-27-24(22)21-6-3-2-4-7-21/h2-4,6-11,16H,5,12-15,17-18H2,1H3,(H,25,27)(H,26,30). The lowest BCUT2D eigenvalue weighted by Crippen LogP contribution is -2.30. The third kappa shape index (κ3) is 5.34. The van der Waals surface area contributed by atoms with Crippen LogP contribution >= 0.6 is 0 Å². The molecule has 1 aliphatic heterocycles. The molecule has 4 rings (SSSR count). The van der Waals surface area contributed by atoms with Gasteiger partial charge in [0, 0.05) is 44.4 Å². The highest BCUT2D eigenvalue weighted by Gasteiger charge is 2.17. The van der Waals surface area contributed by atoms with Crippen LogP contribution in [0.15, 0.2) is 60.8 Å². The topological polar surface area (TPSA) is 64.3 Å². The monoisotopic (exact) mass is 403 g/mol. The van der Waals surface area contributed by atoms with E-state index in [1.807, 2.05) is 24.4 Å². The quantitative estimate of drug-likeness (QED) is 0.658. The molecule has 1 aromatic heterocycles. The average Bonchev–Trinajstić information content (AvgIpc) is 3.10. The fraction of sp³-hybridized carbons (Fsp3) is 0.333.